The molecule has 0 atom stereocenters. The first-order valence-electron chi connectivity index (χ1n) is 8.62. The van der Waals surface area contributed by atoms with Gasteiger partial charge < -0.3 is 4.42 Å². The Balaban J connectivity index is 2.01. The lowest BCUT2D eigenvalue weighted by Gasteiger charge is -2.11. The molecule has 0 aliphatic rings. The van der Waals surface area contributed by atoms with Crippen molar-refractivity contribution >= 4 is 29.0 Å². The minimum Gasteiger partial charge on any atom is -0.392 e. The standard InChI is InChI=1S/C20H14Cl2N4O3/c1-11(27)18-14(10-17-23-24-20(28)29-17)19(12-6-8-13(21)9-7-12)26(25-18)16-5-3-2-4-15(16)22/h2-9H,10H2,1H3,(H,24,28). The molecular weight excluding hydrogens is 415 g/mol. The van der Waals surface area contributed by atoms with Crippen LogP contribution in [0.15, 0.2) is 57.7 Å². The van der Waals surface area contributed by atoms with Gasteiger partial charge in [0.1, 0.15) is 5.69 Å². The molecule has 0 fully saturated rings. The Hall–Kier alpha value is -3.16. The Kier molecular flexibility index (Phi) is 5.08. The maximum atomic E-state index is 12.4. The first-order valence-corrected chi connectivity index (χ1v) is 9.37. The quantitative estimate of drug-likeness (QED) is 0.477. The first kappa shape index (κ1) is 19.2. The maximum absolute atomic E-state index is 12.4. The number of hydrogen-bond acceptors (Lipinski definition) is 5. The van der Waals surface area contributed by atoms with Crippen molar-refractivity contribution in [2.75, 3.05) is 0 Å². The molecule has 2 aromatic heterocycles. The van der Waals surface area contributed by atoms with Crippen molar-refractivity contribution in [2.45, 2.75) is 13.3 Å². The third-order valence-electron chi connectivity index (χ3n) is 4.33. The van der Waals surface area contributed by atoms with E-state index < -0.39 is 5.76 Å². The van der Waals surface area contributed by atoms with E-state index in [0.717, 1.165) is 5.56 Å². The lowest BCUT2D eigenvalue weighted by atomic mass is 10.0. The van der Waals surface area contributed by atoms with Crippen molar-refractivity contribution in [1.82, 2.24) is 20.0 Å². The summed E-state index contributed by atoms with van der Waals surface area (Å²) in [7, 11) is 0. The molecule has 29 heavy (non-hydrogen) atoms. The molecule has 146 valence electrons. The lowest BCUT2D eigenvalue weighted by molar-refractivity contribution is 0.101. The number of carbonyl (C=O) groups is 1. The van der Waals surface area contributed by atoms with E-state index in [1.54, 1.807) is 28.9 Å². The number of ketones is 1. The van der Waals surface area contributed by atoms with Crippen LogP contribution in [0.4, 0.5) is 0 Å². The fraction of sp³-hybridized carbons (Fsp3) is 0.100. The van der Waals surface area contributed by atoms with Crippen LogP contribution in [0.2, 0.25) is 10.0 Å². The minimum absolute atomic E-state index is 0.0933. The van der Waals surface area contributed by atoms with Crippen LogP contribution >= 0.6 is 23.2 Å². The summed E-state index contributed by atoms with van der Waals surface area (Å²) in [6.45, 7) is 1.43. The molecule has 0 radical (unpaired) electrons. The largest absolute Gasteiger partial charge is 0.434 e. The van der Waals surface area contributed by atoms with Crippen molar-refractivity contribution in [1.29, 1.82) is 0 Å². The van der Waals surface area contributed by atoms with Crippen molar-refractivity contribution < 1.29 is 9.21 Å². The highest BCUT2D eigenvalue weighted by Crippen LogP contribution is 2.33. The van der Waals surface area contributed by atoms with Crippen LogP contribution in [0, 0.1) is 0 Å². The van der Waals surface area contributed by atoms with E-state index in [1.165, 1.54) is 6.92 Å². The fourth-order valence-electron chi connectivity index (χ4n) is 3.09. The molecule has 0 spiro atoms. The number of nitrogens with one attached hydrogen (secondary N) is 1. The zero-order valence-corrected chi connectivity index (χ0v) is 16.7. The summed E-state index contributed by atoms with van der Waals surface area (Å²) in [6.07, 6.45) is 0.0933. The summed E-state index contributed by atoms with van der Waals surface area (Å²) in [5.41, 5.74) is 2.81. The predicted molar refractivity (Wildman–Crippen MR) is 109 cm³/mol. The van der Waals surface area contributed by atoms with Crippen molar-refractivity contribution in [2.24, 2.45) is 0 Å². The molecule has 4 aromatic rings. The van der Waals surface area contributed by atoms with Gasteiger partial charge in [-0.05, 0) is 24.3 Å². The Morgan fingerprint density at radius 3 is 2.48 bits per heavy atom. The van der Waals surface area contributed by atoms with Gasteiger partial charge in [-0.3, -0.25) is 4.79 Å². The molecule has 9 heteroatoms. The number of hydrogen-bond donors (Lipinski definition) is 1. The number of benzene rings is 2. The van der Waals surface area contributed by atoms with Gasteiger partial charge >= 0.3 is 5.76 Å². The third-order valence-corrected chi connectivity index (χ3v) is 4.90. The SMILES string of the molecule is CC(=O)c1nn(-c2ccccc2Cl)c(-c2ccc(Cl)cc2)c1Cc1n[nH]c(=O)o1. The second-order valence-corrected chi connectivity index (χ2v) is 7.13. The van der Waals surface area contributed by atoms with E-state index in [-0.39, 0.29) is 23.8 Å². The van der Waals surface area contributed by atoms with Gasteiger partial charge in [0.25, 0.3) is 0 Å². The molecule has 2 aromatic carbocycles. The number of nitrogens with zero attached hydrogens (tertiary/aromatic N) is 3. The fourth-order valence-corrected chi connectivity index (χ4v) is 3.43. The number of H-pyrrole nitrogens is 1. The monoisotopic (exact) mass is 428 g/mol. The molecule has 0 aliphatic heterocycles. The van der Waals surface area contributed by atoms with Gasteiger partial charge in [0.05, 0.1) is 22.8 Å². The normalized spacial score (nSPS) is 11.0. The summed E-state index contributed by atoms with van der Waals surface area (Å²) < 4.78 is 6.67. The molecular formula is C20H14Cl2N4O3. The van der Waals surface area contributed by atoms with Crippen molar-refractivity contribution in [3.63, 3.8) is 0 Å². The Morgan fingerprint density at radius 1 is 1.14 bits per heavy atom. The highest BCUT2D eigenvalue weighted by Gasteiger charge is 2.25. The van der Waals surface area contributed by atoms with Gasteiger partial charge in [-0.25, -0.2) is 14.6 Å². The molecule has 0 bridgehead atoms. The number of aromatic nitrogens is 4. The Morgan fingerprint density at radius 2 is 1.86 bits per heavy atom. The summed E-state index contributed by atoms with van der Waals surface area (Å²) in [4.78, 5) is 23.7. The molecule has 0 amide bonds. The summed E-state index contributed by atoms with van der Waals surface area (Å²) in [5.74, 6) is -0.763. The second-order valence-electron chi connectivity index (χ2n) is 6.29. The van der Waals surface area contributed by atoms with Gasteiger partial charge in [0.15, 0.2) is 5.78 Å². The third kappa shape index (κ3) is 3.74. The van der Waals surface area contributed by atoms with Crippen LogP contribution in [0.25, 0.3) is 16.9 Å². The van der Waals surface area contributed by atoms with Crippen LogP contribution in [0.3, 0.4) is 0 Å². The van der Waals surface area contributed by atoms with Crippen LogP contribution in [0.1, 0.15) is 28.9 Å². The average molecular weight is 429 g/mol. The molecule has 2 heterocycles. The Labute approximate surface area is 174 Å². The van der Waals surface area contributed by atoms with Gasteiger partial charge in [-0.15, -0.1) is 5.10 Å². The van der Waals surface area contributed by atoms with E-state index in [2.05, 4.69) is 15.3 Å². The molecule has 0 saturated heterocycles. The number of aromatic amines is 1. The molecule has 0 aliphatic carbocycles. The number of para-hydroxylation sites is 1. The van der Waals surface area contributed by atoms with Gasteiger partial charge in [-0.1, -0.05) is 47.5 Å². The highest BCUT2D eigenvalue weighted by atomic mass is 35.5. The molecule has 4 rings (SSSR count). The molecule has 0 unspecified atom stereocenters. The van der Waals surface area contributed by atoms with E-state index in [1.807, 2.05) is 24.3 Å². The highest BCUT2D eigenvalue weighted by molar-refractivity contribution is 6.32. The molecule has 7 nitrogen and oxygen atoms in total. The second kappa shape index (κ2) is 7.69. The summed E-state index contributed by atoms with van der Waals surface area (Å²) in [6, 6.07) is 14.3. The number of carbonyl (C=O) groups excluding carboxylic acids is 1. The van der Waals surface area contributed by atoms with Gasteiger partial charge in [0, 0.05) is 23.1 Å². The van der Waals surface area contributed by atoms with E-state index >= 15 is 0 Å². The zero-order chi connectivity index (χ0) is 20.5. The summed E-state index contributed by atoms with van der Waals surface area (Å²) >= 11 is 12.5. The van der Waals surface area contributed by atoms with Crippen LogP contribution in [-0.4, -0.2) is 25.8 Å². The van der Waals surface area contributed by atoms with Crippen LogP contribution in [-0.2, 0) is 6.42 Å². The molecule has 1 N–H and O–H groups in total. The van der Waals surface area contributed by atoms with E-state index in [9.17, 15) is 9.59 Å². The Bertz CT molecular complexity index is 1260. The van der Waals surface area contributed by atoms with Crippen molar-refractivity contribution in [3.8, 4) is 16.9 Å². The zero-order valence-electron chi connectivity index (χ0n) is 15.1. The summed E-state index contributed by atoms with van der Waals surface area (Å²) in [5, 5.41) is 11.7. The number of rotatable bonds is 5. The lowest BCUT2D eigenvalue weighted by Crippen LogP contribution is -2.01. The average Bonchev–Trinajstić information content (AvgIpc) is 3.27. The molecule has 0 saturated carbocycles. The topological polar surface area (TPSA) is 93.8 Å². The van der Waals surface area contributed by atoms with E-state index in [4.69, 9.17) is 27.6 Å². The van der Waals surface area contributed by atoms with Gasteiger partial charge in [-0.2, -0.15) is 5.10 Å². The predicted octanol–water partition coefficient (Wildman–Crippen LogP) is 4.32. The van der Waals surface area contributed by atoms with Crippen molar-refractivity contribution in [3.05, 3.63) is 86.3 Å². The minimum atomic E-state index is -0.670. The number of Topliss-reactive ketones (excluding diaryl/α,β-unsaturated/α-hetero) is 1. The van der Waals surface area contributed by atoms with Crippen LogP contribution in [0.5, 0.6) is 0 Å². The smallest absolute Gasteiger partial charge is 0.392 e. The van der Waals surface area contributed by atoms with Crippen LogP contribution < -0.4 is 5.76 Å². The number of halogens is 2. The van der Waals surface area contributed by atoms with Gasteiger partial charge in [0.2, 0.25) is 5.89 Å². The maximum Gasteiger partial charge on any atom is 0.434 e. The van der Waals surface area contributed by atoms with E-state index in [0.29, 0.717) is 27.0 Å². The first-order chi connectivity index (χ1) is 13.9.